The normalized spacial score (nSPS) is 28.9. The topological polar surface area (TPSA) is 61.7 Å². The van der Waals surface area contributed by atoms with E-state index < -0.39 is 0 Å². The van der Waals surface area contributed by atoms with Crippen molar-refractivity contribution in [2.75, 3.05) is 0 Å². The van der Waals surface area contributed by atoms with Gasteiger partial charge in [-0.05, 0) is 167 Å². The Bertz CT molecular complexity index is 3490. The van der Waals surface area contributed by atoms with Crippen LogP contribution in [0, 0.1) is 35.5 Å². The molecule has 8 aliphatic rings. The summed E-state index contributed by atoms with van der Waals surface area (Å²) >= 11 is 0. The Hall–Kier alpha value is -6.27. The predicted molar refractivity (Wildman–Crippen MR) is 261 cm³/mol. The molecule has 0 saturated heterocycles. The van der Waals surface area contributed by atoms with E-state index in [0.29, 0.717) is 0 Å². The predicted octanol–water partition coefficient (Wildman–Crippen LogP) is 14.6. The lowest BCUT2D eigenvalue weighted by molar-refractivity contribution is -0.0155. The first-order chi connectivity index (χ1) is 32.0. The zero-order valence-corrected chi connectivity index (χ0v) is 36.7. The highest BCUT2D eigenvalue weighted by molar-refractivity contribution is 6.39. The molecule has 18 rings (SSSR count). The molecule has 6 aromatic carbocycles. The number of para-hydroxylation sites is 4. The van der Waals surface area contributed by atoms with E-state index in [4.69, 9.17) is 19.4 Å². The first-order valence-corrected chi connectivity index (χ1v) is 24.8. The van der Waals surface area contributed by atoms with Gasteiger partial charge in [0.2, 0.25) is 0 Å². The van der Waals surface area contributed by atoms with Crippen LogP contribution in [0.25, 0.3) is 88.3 Å². The van der Waals surface area contributed by atoms with Crippen LogP contribution in [0.2, 0.25) is 0 Å². The van der Waals surface area contributed by atoms with E-state index in [1.54, 1.807) is 0 Å². The summed E-state index contributed by atoms with van der Waals surface area (Å²) in [6, 6.07) is 46.5. The lowest BCUT2D eigenvalue weighted by Crippen LogP contribution is -2.51. The van der Waals surface area contributed by atoms with Gasteiger partial charge in [-0.15, -0.1) is 0 Å². The largest absolute Gasteiger partial charge is 0.455 e. The summed E-state index contributed by atoms with van der Waals surface area (Å²) < 4.78 is 12.0. The molecule has 8 bridgehead atoms. The third kappa shape index (κ3) is 4.93. The summed E-state index contributed by atoms with van der Waals surface area (Å²) in [5.74, 6) is 8.20. The Morgan fingerprint density at radius 1 is 0.415 bits per heavy atom. The van der Waals surface area contributed by atoms with Crippen LogP contribution in [0.3, 0.4) is 0 Å². The molecule has 8 fully saturated rings. The molecular formula is C59H51N5O. The zero-order chi connectivity index (χ0) is 42.2. The van der Waals surface area contributed by atoms with E-state index >= 15 is 0 Å². The van der Waals surface area contributed by atoms with E-state index in [-0.39, 0.29) is 10.8 Å². The molecule has 4 aromatic heterocycles. The Labute approximate surface area is 377 Å². The maximum absolute atomic E-state index is 7.04. The lowest BCUT2D eigenvalue weighted by atomic mass is 9.49. The number of hydrogen-bond acceptors (Lipinski definition) is 4. The number of benzene rings is 6. The van der Waals surface area contributed by atoms with Gasteiger partial charge in [-0.2, -0.15) is 0 Å². The minimum absolute atomic E-state index is 0.110. The van der Waals surface area contributed by atoms with Crippen molar-refractivity contribution in [3.8, 4) is 22.8 Å². The van der Waals surface area contributed by atoms with Crippen molar-refractivity contribution in [1.29, 1.82) is 0 Å². The third-order valence-electron chi connectivity index (χ3n) is 18.1. The van der Waals surface area contributed by atoms with Crippen LogP contribution in [-0.2, 0) is 10.8 Å². The molecule has 6 nitrogen and oxygen atoms in total. The van der Waals surface area contributed by atoms with E-state index in [0.717, 1.165) is 97.2 Å². The van der Waals surface area contributed by atoms with Gasteiger partial charge in [-0.25, -0.2) is 15.0 Å². The van der Waals surface area contributed by atoms with Crippen LogP contribution in [0.4, 0.5) is 0 Å². The van der Waals surface area contributed by atoms with Gasteiger partial charge >= 0.3 is 0 Å². The SMILES string of the molecule is c1ccc(-n2c3ccccc3c3c4oc5ccccc5c4c4c(c5ccccc5n4-c4ccc(-c5nc(C67CC8CC(CC(C8)C6)C7)nc(C67CC8CC(CC(C8)C6)C7)n5)cc4)c32)cc1. The molecule has 0 radical (unpaired) electrons. The van der Waals surface area contributed by atoms with Crippen LogP contribution in [-0.4, -0.2) is 24.1 Å². The summed E-state index contributed by atoms with van der Waals surface area (Å²) in [6.45, 7) is 0. The van der Waals surface area contributed by atoms with Crippen LogP contribution in [0.15, 0.2) is 132 Å². The van der Waals surface area contributed by atoms with Crippen LogP contribution in [0.1, 0.15) is 88.7 Å². The summed E-state index contributed by atoms with van der Waals surface area (Å²) in [5.41, 5.74) is 10.1. The van der Waals surface area contributed by atoms with Crippen molar-refractivity contribution < 1.29 is 4.42 Å². The number of hydrogen-bond donors (Lipinski definition) is 0. The molecule has 4 heterocycles. The second-order valence-electron chi connectivity index (χ2n) is 22.0. The quantitative estimate of drug-likeness (QED) is 0.173. The van der Waals surface area contributed by atoms with Crippen molar-refractivity contribution in [2.45, 2.75) is 87.9 Å². The smallest absolute Gasteiger partial charge is 0.163 e. The molecule has 0 N–H and O–H groups in total. The minimum Gasteiger partial charge on any atom is -0.455 e. The highest BCUT2D eigenvalue weighted by Gasteiger charge is 2.56. The highest BCUT2D eigenvalue weighted by atomic mass is 16.3. The van der Waals surface area contributed by atoms with Gasteiger partial charge in [0.15, 0.2) is 5.82 Å². The fraction of sp³-hybridized carbons (Fsp3) is 0.339. The van der Waals surface area contributed by atoms with E-state index in [1.165, 1.54) is 115 Å². The fourth-order valence-corrected chi connectivity index (χ4v) is 16.5. The Morgan fingerprint density at radius 3 is 1.38 bits per heavy atom. The maximum atomic E-state index is 7.04. The first kappa shape index (κ1) is 36.0. The Morgan fingerprint density at radius 2 is 0.846 bits per heavy atom. The minimum atomic E-state index is 0.110. The molecule has 8 saturated carbocycles. The van der Waals surface area contributed by atoms with Crippen molar-refractivity contribution >= 4 is 65.6 Å². The Balaban J connectivity index is 0.935. The first-order valence-electron chi connectivity index (χ1n) is 24.8. The van der Waals surface area contributed by atoms with Crippen LogP contribution >= 0.6 is 0 Å². The van der Waals surface area contributed by atoms with Gasteiger partial charge in [-0.1, -0.05) is 72.8 Å². The standard InChI is InChI=1S/C59H51N5O/c1-2-10-41(11-3-1)63-47-16-8-5-13-44(47)50-52(63)49-43-12-4-7-15-46(43)64(53(49)51-45-14-6-9-17-48(45)65-54(50)51)42-20-18-40(19-21-42)55-60-56(58-28-34-22-35(29-58)24-36(23-34)30-58)62-57(61-55)59-31-37-25-38(32-59)27-39(26-37)33-59/h1-21,34-39H,22-33H2. The molecule has 0 spiro atoms. The monoisotopic (exact) mass is 845 g/mol. The maximum Gasteiger partial charge on any atom is 0.163 e. The van der Waals surface area contributed by atoms with Gasteiger partial charge in [-0.3, -0.25) is 0 Å². The van der Waals surface area contributed by atoms with E-state index in [2.05, 4.69) is 137 Å². The van der Waals surface area contributed by atoms with E-state index in [1.807, 2.05) is 0 Å². The molecule has 0 amide bonds. The lowest BCUT2D eigenvalue weighted by Gasteiger charge is -2.57. The van der Waals surface area contributed by atoms with Gasteiger partial charge in [0.1, 0.15) is 22.8 Å². The zero-order valence-electron chi connectivity index (χ0n) is 36.7. The summed E-state index contributed by atoms with van der Waals surface area (Å²) in [6.07, 6.45) is 16.1. The second kappa shape index (κ2) is 12.7. The summed E-state index contributed by atoms with van der Waals surface area (Å²) in [7, 11) is 0. The van der Waals surface area contributed by atoms with Crippen molar-refractivity contribution in [2.24, 2.45) is 35.5 Å². The van der Waals surface area contributed by atoms with Crippen molar-refractivity contribution in [3.05, 3.63) is 139 Å². The van der Waals surface area contributed by atoms with Crippen LogP contribution in [0.5, 0.6) is 0 Å². The number of furan rings is 1. The second-order valence-corrected chi connectivity index (χ2v) is 22.0. The molecule has 10 aromatic rings. The van der Waals surface area contributed by atoms with Gasteiger partial charge in [0, 0.05) is 49.3 Å². The van der Waals surface area contributed by atoms with Crippen molar-refractivity contribution in [1.82, 2.24) is 24.1 Å². The Kier molecular flexibility index (Phi) is 7.06. The summed E-state index contributed by atoms with van der Waals surface area (Å²) in [5, 5.41) is 7.08. The highest BCUT2D eigenvalue weighted by Crippen LogP contribution is 2.63. The average molecular weight is 846 g/mol. The molecule has 6 heteroatoms. The summed E-state index contributed by atoms with van der Waals surface area (Å²) in [4.78, 5) is 17.0. The fourth-order valence-electron chi connectivity index (χ4n) is 16.5. The third-order valence-corrected chi connectivity index (χ3v) is 18.1. The number of nitrogens with zero attached hydrogens (tertiary/aromatic N) is 5. The van der Waals surface area contributed by atoms with E-state index in [9.17, 15) is 0 Å². The number of rotatable bonds is 5. The van der Waals surface area contributed by atoms with Crippen LogP contribution < -0.4 is 0 Å². The molecule has 0 atom stereocenters. The molecule has 318 valence electrons. The van der Waals surface area contributed by atoms with Gasteiger partial charge < -0.3 is 13.6 Å². The van der Waals surface area contributed by atoms with Gasteiger partial charge in [0.05, 0.1) is 32.8 Å². The number of fused-ring (bicyclic) bond motifs is 12. The average Bonchev–Trinajstić information content (AvgIpc) is 3.99. The molecule has 65 heavy (non-hydrogen) atoms. The van der Waals surface area contributed by atoms with Crippen molar-refractivity contribution in [3.63, 3.8) is 0 Å². The number of aromatic nitrogens is 5. The molecular weight excluding hydrogens is 795 g/mol. The molecule has 0 aliphatic heterocycles. The molecule has 0 unspecified atom stereocenters. The molecule has 8 aliphatic carbocycles. The van der Waals surface area contributed by atoms with Gasteiger partial charge in [0.25, 0.3) is 0 Å².